The van der Waals surface area contributed by atoms with Gasteiger partial charge >= 0.3 is 0 Å². The van der Waals surface area contributed by atoms with E-state index in [1.165, 1.54) is 12.4 Å². The number of ether oxygens (including phenoxy) is 1. The van der Waals surface area contributed by atoms with Gasteiger partial charge in [0.1, 0.15) is 34.9 Å². The maximum Gasteiger partial charge on any atom is 0.280 e. The second kappa shape index (κ2) is 7.44. The third-order valence-electron chi connectivity index (χ3n) is 6.09. The number of nitrogens with zero attached hydrogens (tertiary/aromatic N) is 5. The highest BCUT2D eigenvalue weighted by molar-refractivity contribution is 6.35. The van der Waals surface area contributed by atoms with Crippen molar-refractivity contribution in [2.45, 2.75) is 25.5 Å². The zero-order chi connectivity index (χ0) is 23.6. The quantitative estimate of drug-likeness (QED) is 0.367. The fourth-order valence-corrected chi connectivity index (χ4v) is 4.76. The molecular formula is C23H16ClF2N5O3. The van der Waals surface area contributed by atoms with Gasteiger partial charge in [0, 0.05) is 12.7 Å². The molecular weight excluding hydrogens is 468 g/mol. The van der Waals surface area contributed by atoms with Crippen molar-refractivity contribution in [3.63, 3.8) is 0 Å². The molecule has 172 valence electrons. The zero-order valence-electron chi connectivity index (χ0n) is 17.8. The molecule has 0 amide bonds. The molecule has 0 radical (unpaired) electrons. The molecule has 1 aliphatic rings. The summed E-state index contributed by atoms with van der Waals surface area (Å²) in [5, 5.41) is 4.30. The molecule has 0 spiro atoms. The van der Waals surface area contributed by atoms with E-state index in [1.54, 1.807) is 21.1 Å². The van der Waals surface area contributed by atoms with Crippen molar-refractivity contribution in [2.75, 3.05) is 6.61 Å². The fourth-order valence-electron chi connectivity index (χ4n) is 4.51. The standard InChI is InChI=1S/C23H16ClF2N5O3/c1-23(8-3-9-33-23)31-18-14(24)4-2-5-16(18)30-11-27-17(19(30)22(31)32)20-28-21(34-29-20)13-7-6-12(25)10-15(13)26/h2,4-7,10-11H,3,8-9H2,1H3. The Kier molecular flexibility index (Phi) is 4.58. The minimum Gasteiger partial charge on any atom is -0.355 e. The lowest BCUT2D eigenvalue weighted by Crippen LogP contribution is -2.39. The molecule has 0 saturated carbocycles. The van der Waals surface area contributed by atoms with E-state index in [4.69, 9.17) is 20.9 Å². The third-order valence-corrected chi connectivity index (χ3v) is 6.40. The summed E-state index contributed by atoms with van der Waals surface area (Å²) in [5.74, 6) is -1.75. The number of rotatable bonds is 3. The summed E-state index contributed by atoms with van der Waals surface area (Å²) in [6.45, 7) is 2.37. The van der Waals surface area contributed by atoms with Gasteiger partial charge in [0.25, 0.3) is 11.4 Å². The summed E-state index contributed by atoms with van der Waals surface area (Å²) in [6, 6.07) is 8.33. The molecule has 1 atom stereocenters. The van der Waals surface area contributed by atoms with Crippen LogP contribution in [-0.4, -0.2) is 30.7 Å². The number of hydrogen-bond donors (Lipinski definition) is 0. The largest absolute Gasteiger partial charge is 0.355 e. The van der Waals surface area contributed by atoms with E-state index in [-0.39, 0.29) is 28.5 Å². The second-order valence-electron chi connectivity index (χ2n) is 8.23. The first-order valence-corrected chi connectivity index (χ1v) is 10.9. The topological polar surface area (TPSA) is 87.5 Å². The summed E-state index contributed by atoms with van der Waals surface area (Å²) in [7, 11) is 0. The zero-order valence-corrected chi connectivity index (χ0v) is 18.5. The first-order chi connectivity index (χ1) is 16.4. The summed E-state index contributed by atoms with van der Waals surface area (Å²) < 4.78 is 41.9. The van der Waals surface area contributed by atoms with Gasteiger partial charge in [-0.1, -0.05) is 22.8 Å². The van der Waals surface area contributed by atoms with Gasteiger partial charge in [-0.05, 0) is 44.0 Å². The molecule has 1 saturated heterocycles. The molecule has 0 N–H and O–H groups in total. The van der Waals surface area contributed by atoms with E-state index in [9.17, 15) is 13.6 Å². The van der Waals surface area contributed by atoms with E-state index in [0.717, 1.165) is 18.6 Å². The van der Waals surface area contributed by atoms with Gasteiger partial charge in [0.2, 0.25) is 5.82 Å². The molecule has 8 nitrogen and oxygen atoms in total. The Morgan fingerprint density at radius 2 is 2.03 bits per heavy atom. The van der Waals surface area contributed by atoms with Crippen LogP contribution in [0, 0.1) is 11.6 Å². The van der Waals surface area contributed by atoms with Crippen molar-refractivity contribution >= 4 is 28.2 Å². The number of halogens is 3. The number of aromatic nitrogens is 5. The highest BCUT2D eigenvalue weighted by atomic mass is 35.5. The molecule has 1 unspecified atom stereocenters. The van der Waals surface area contributed by atoms with Gasteiger partial charge in [0.05, 0.1) is 21.6 Å². The van der Waals surface area contributed by atoms with Gasteiger partial charge in [0.15, 0.2) is 0 Å². The molecule has 11 heteroatoms. The van der Waals surface area contributed by atoms with E-state index < -0.39 is 22.9 Å². The van der Waals surface area contributed by atoms with Crippen molar-refractivity contribution in [1.29, 1.82) is 0 Å². The van der Waals surface area contributed by atoms with Gasteiger partial charge in [-0.3, -0.25) is 13.8 Å². The second-order valence-corrected chi connectivity index (χ2v) is 8.64. The van der Waals surface area contributed by atoms with Crippen LogP contribution in [0.3, 0.4) is 0 Å². The highest BCUT2D eigenvalue weighted by Crippen LogP contribution is 2.35. The Balaban J connectivity index is 1.62. The Labute approximate surface area is 195 Å². The van der Waals surface area contributed by atoms with Crippen LogP contribution >= 0.6 is 11.6 Å². The van der Waals surface area contributed by atoms with Crippen molar-refractivity contribution < 1.29 is 18.0 Å². The van der Waals surface area contributed by atoms with Crippen LogP contribution in [0.2, 0.25) is 5.02 Å². The summed E-state index contributed by atoms with van der Waals surface area (Å²) in [6.07, 6.45) is 2.90. The van der Waals surface area contributed by atoms with Crippen LogP contribution in [0.15, 0.2) is 52.0 Å². The molecule has 5 aromatic rings. The minimum absolute atomic E-state index is 0.0104. The van der Waals surface area contributed by atoms with Crippen molar-refractivity contribution in [3.05, 3.63) is 69.7 Å². The van der Waals surface area contributed by atoms with Gasteiger partial charge in [-0.2, -0.15) is 4.98 Å². The van der Waals surface area contributed by atoms with E-state index in [0.29, 0.717) is 29.1 Å². The molecule has 6 rings (SSSR count). The lowest BCUT2D eigenvalue weighted by molar-refractivity contribution is -0.0447. The molecule has 3 aromatic heterocycles. The number of benzene rings is 2. The molecule has 0 aliphatic carbocycles. The van der Waals surface area contributed by atoms with E-state index in [1.807, 2.05) is 13.0 Å². The fraction of sp³-hybridized carbons (Fsp3) is 0.217. The normalized spacial score (nSPS) is 18.4. The number of fused-ring (bicyclic) bond motifs is 3. The third kappa shape index (κ3) is 2.99. The Morgan fingerprint density at radius 1 is 1.18 bits per heavy atom. The van der Waals surface area contributed by atoms with Crippen LogP contribution in [0.1, 0.15) is 19.8 Å². The Bertz CT molecular complexity index is 1650. The maximum absolute atomic E-state index is 14.2. The lowest BCUT2D eigenvalue weighted by Gasteiger charge is -2.28. The van der Waals surface area contributed by atoms with Crippen LogP contribution in [0.5, 0.6) is 0 Å². The number of hydrogen-bond acceptors (Lipinski definition) is 6. The predicted molar refractivity (Wildman–Crippen MR) is 119 cm³/mol. The van der Waals surface area contributed by atoms with Gasteiger partial charge in [-0.25, -0.2) is 13.8 Å². The molecule has 1 aliphatic heterocycles. The van der Waals surface area contributed by atoms with Gasteiger partial charge in [-0.15, -0.1) is 0 Å². The minimum atomic E-state index is -0.900. The van der Waals surface area contributed by atoms with Gasteiger partial charge < -0.3 is 9.26 Å². The van der Waals surface area contributed by atoms with Crippen molar-refractivity contribution in [3.8, 4) is 23.0 Å². The predicted octanol–water partition coefficient (Wildman–Crippen LogP) is 4.78. The van der Waals surface area contributed by atoms with Crippen molar-refractivity contribution in [2.24, 2.45) is 0 Å². The monoisotopic (exact) mass is 483 g/mol. The first-order valence-electron chi connectivity index (χ1n) is 10.5. The summed E-state index contributed by atoms with van der Waals surface area (Å²) in [5.41, 5.74) is 0.159. The summed E-state index contributed by atoms with van der Waals surface area (Å²) in [4.78, 5) is 22.5. The molecule has 2 aromatic carbocycles. The molecule has 1 fully saturated rings. The van der Waals surface area contributed by atoms with Crippen LogP contribution in [-0.2, 0) is 10.5 Å². The molecule has 4 heterocycles. The van der Waals surface area contributed by atoms with Crippen molar-refractivity contribution in [1.82, 2.24) is 24.1 Å². The highest BCUT2D eigenvalue weighted by Gasteiger charge is 2.36. The number of para-hydroxylation sites is 1. The summed E-state index contributed by atoms with van der Waals surface area (Å²) >= 11 is 6.54. The lowest BCUT2D eigenvalue weighted by atomic mass is 10.1. The Morgan fingerprint density at radius 3 is 2.79 bits per heavy atom. The van der Waals surface area contributed by atoms with Crippen LogP contribution in [0.4, 0.5) is 8.78 Å². The first kappa shape index (κ1) is 20.9. The SMILES string of the molecule is CC1(n2c(=O)c3c(-c4noc(-c5ccc(F)cc5F)n4)ncn3c3cccc(Cl)c32)CCCO1. The van der Waals surface area contributed by atoms with E-state index in [2.05, 4.69) is 15.1 Å². The Hall–Kier alpha value is -3.63. The number of imidazole rings is 1. The molecule has 0 bridgehead atoms. The molecule has 34 heavy (non-hydrogen) atoms. The van der Waals surface area contributed by atoms with E-state index >= 15 is 0 Å². The average Bonchev–Trinajstić information content (AvgIpc) is 3.54. The van der Waals surface area contributed by atoms with Crippen LogP contribution in [0.25, 0.3) is 39.5 Å². The maximum atomic E-state index is 14.2. The average molecular weight is 484 g/mol. The smallest absolute Gasteiger partial charge is 0.280 e. The van der Waals surface area contributed by atoms with Crippen LogP contribution < -0.4 is 5.56 Å².